The molecule has 2 aromatic rings. The maximum Gasteiger partial charge on any atom is 0.253 e. The summed E-state index contributed by atoms with van der Waals surface area (Å²) in [5, 5.41) is 6.62. The van der Waals surface area contributed by atoms with Crippen LogP contribution < -0.4 is 5.32 Å². The van der Waals surface area contributed by atoms with Crippen LogP contribution in [0.5, 0.6) is 0 Å². The van der Waals surface area contributed by atoms with Crippen LogP contribution >= 0.6 is 23.1 Å². The van der Waals surface area contributed by atoms with Crippen molar-refractivity contribution in [2.45, 2.75) is 19.9 Å². The zero-order valence-corrected chi connectivity index (χ0v) is 14.9. The molecule has 1 aliphatic heterocycles. The molecular weight excluding hydrogens is 326 g/mol. The summed E-state index contributed by atoms with van der Waals surface area (Å²) >= 11 is 3.61. The van der Waals surface area contributed by atoms with Crippen molar-refractivity contribution in [3.05, 3.63) is 45.9 Å². The highest BCUT2D eigenvalue weighted by Gasteiger charge is 2.18. The van der Waals surface area contributed by atoms with Gasteiger partial charge >= 0.3 is 0 Å². The maximum absolute atomic E-state index is 12.5. The Bertz CT molecular complexity index is 665. The molecule has 0 saturated carbocycles. The summed E-state index contributed by atoms with van der Waals surface area (Å²) in [5.74, 6) is 2.21. The van der Waals surface area contributed by atoms with Crippen LogP contribution in [0.3, 0.4) is 0 Å². The second-order valence-corrected chi connectivity index (χ2v) is 7.59. The number of nitrogens with one attached hydrogen (secondary N) is 1. The first kappa shape index (κ1) is 16.3. The topological polar surface area (TPSA) is 45.2 Å². The largest absolute Gasteiger partial charge is 0.379 e. The zero-order chi connectivity index (χ0) is 16.1. The number of rotatable bonds is 5. The lowest BCUT2D eigenvalue weighted by atomic mass is 10.1. The molecule has 1 fully saturated rings. The molecule has 0 unspecified atom stereocenters. The molecule has 122 valence electrons. The standard InChI is InChI=1S/C17H21N3OS2/c1-2-16-19-15(12-23-16)11-18-14-5-3-4-13(10-14)17(21)20-6-8-22-9-7-20/h3-5,10,12,18H,2,6-9,11H2,1H3. The first-order valence-corrected chi connectivity index (χ1v) is 9.94. The lowest BCUT2D eigenvalue weighted by Crippen LogP contribution is -2.37. The molecule has 1 N–H and O–H groups in total. The highest BCUT2D eigenvalue weighted by Crippen LogP contribution is 2.17. The molecular formula is C17H21N3OS2. The monoisotopic (exact) mass is 347 g/mol. The highest BCUT2D eigenvalue weighted by atomic mass is 32.2. The van der Waals surface area contributed by atoms with Crippen LogP contribution in [-0.4, -0.2) is 40.4 Å². The Morgan fingerprint density at radius 2 is 2.17 bits per heavy atom. The molecule has 6 heteroatoms. The number of hydrogen-bond acceptors (Lipinski definition) is 5. The van der Waals surface area contributed by atoms with Gasteiger partial charge in [-0.1, -0.05) is 13.0 Å². The first-order valence-electron chi connectivity index (χ1n) is 7.90. The predicted octanol–water partition coefficient (Wildman–Crippen LogP) is 3.51. The summed E-state index contributed by atoms with van der Waals surface area (Å²) in [7, 11) is 0. The van der Waals surface area contributed by atoms with E-state index in [1.54, 1.807) is 11.3 Å². The van der Waals surface area contributed by atoms with Gasteiger partial charge in [-0.25, -0.2) is 4.98 Å². The van der Waals surface area contributed by atoms with Gasteiger partial charge in [-0.05, 0) is 24.6 Å². The molecule has 0 bridgehead atoms. The Hall–Kier alpha value is -1.53. The summed E-state index contributed by atoms with van der Waals surface area (Å²) in [5.41, 5.74) is 2.78. The average molecular weight is 348 g/mol. The number of thiazole rings is 1. The molecule has 0 radical (unpaired) electrons. The second-order valence-electron chi connectivity index (χ2n) is 5.43. The Morgan fingerprint density at radius 1 is 1.35 bits per heavy atom. The van der Waals surface area contributed by atoms with Crippen LogP contribution in [0.2, 0.25) is 0 Å². The third-order valence-electron chi connectivity index (χ3n) is 3.78. The van der Waals surface area contributed by atoms with E-state index in [0.29, 0.717) is 6.54 Å². The lowest BCUT2D eigenvalue weighted by molar-refractivity contribution is 0.0772. The molecule has 3 rings (SSSR count). The van der Waals surface area contributed by atoms with Gasteiger partial charge in [0.2, 0.25) is 0 Å². The SMILES string of the molecule is CCc1nc(CNc2cccc(C(=O)N3CCSCC3)c2)cs1. The molecule has 0 spiro atoms. The van der Waals surface area contributed by atoms with Crippen LogP contribution in [0.15, 0.2) is 29.6 Å². The van der Waals surface area contributed by atoms with Crippen molar-refractivity contribution in [3.63, 3.8) is 0 Å². The zero-order valence-electron chi connectivity index (χ0n) is 13.2. The Balaban J connectivity index is 1.63. The van der Waals surface area contributed by atoms with E-state index in [9.17, 15) is 4.79 Å². The van der Waals surface area contributed by atoms with Crippen LogP contribution in [0.25, 0.3) is 0 Å². The van der Waals surface area contributed by atoms with Crippen LogP contribution in [0, 0.1) is 0 Å². The number of nitrogens with zero attached hydrogens (tertiary/aromatic N) is 2. The van der Waals surface area contributed by atoms with Crippen molar-refractivity contribution in [2.24, 2.45) is 0 Å². The van der Waals surface area contributed by atoms with E-state index in [4.69, 9.17) is 0 Å². The fourth-order valence-electron chi connectivity index (χ4n) is 2.50. The summed E-state index contributed by atoms with van der Waals surface area (Å²) in [4.78, 5) is 19.0. The van der Waals surface area contributed by atoms with Gasteiger partial charge in [0.25, 0.3) is 5.91 Å². The number of thioether (sulfide) groups is 1. The Kier molecular flexibility index (Phi) is 5.56. The minimum Gasteiger partial charge on any atom is -0.379 e. The van der Waals surface area contributed by atoms with Gasteiger partial charge in [-0.3, -0.25) is 4.79 Å². The van der Waals surface area contributed by atoms with Crippen molar-refractivity contribution in [2.75, 3.05) is 29.9 Å². The number of amides is 1. The molecule has 23 heavy (non-hydrogen) atoms. The molecule has 1 aromatic heterocycles. The van der Waals surface area contributed by atoms with E-state index in [0.717, 1.165) is 53.0 Å². The number of hydrogen-bond donors (Lipinski definition) is 1. The van der Waals surface area contributed by atoms with E-state index in [1.165, 1.54) is 0 Å². The van der Waals surface area contributed by atoms with E-state index < -0.39 is 0 Å². The third-order valence-corrected chi connectivity index (χ3v) is 5.77. The van der Waals surface area contributed by atoms with Crippen molar-refractivity contribution in [1.82, 2.24) is 9.88 Å². The second kappa shape index (κ2) is 7.84. The Morgan fingerprint density at radius 3 is 2.91 bits per heavy atom. The summed E-state index contributed by atoms with van der Waals surface area (Å²) < 4.78 is 0. The van der Waals surface area contributed by atoms with Crippen LogP contribution in [0.1, 0.15) is 28.0 Å². The fraction of sp³-hybridized carbons (Fsp3) is 0.412. The molecule has 0 atom stereocenters. The van der Waals surface area contributed by atoms with Crippen molar-refractivity contribution in [1.29, 1.82) is 0 Å². The average Bonchev–Trinajstić information content (AvgIpc) is 3.08. The van der Waals surface area contributed by atoms with E-state index in [2.05, 4.69) is 22.6 Å². The van der Waals surface area contributed by atoms with Crippen LogP contribution in [0.4, 0.5) is 5.69 Å². The van der Waals surface area contributed by atoms with Gasteiger partial charge in [0, 0.05) is 41.2 Å². The normalized spacial score (nSPS) is 14.7. The highest BCUT2D eigenvalue weighted by molar-refractivity contribution is 7.99. The number of carbonyl (C=O) groups is 1. The number of anilines is 1. The minimum atomic E-state index is 0.135. The van der Waals surface area contributed by atoms with Crippen LogP contribution in [-0.2, 0) is 13.0 Å². The third kappa shape index (κ3) is 4.26. The number of aryl methyl sites for hydroxylation is 1. The van der Waals surface area contributed by atoms with E-state index in [1.807, 2.05) is 40.9 Å². The first-order chi connectivity index (χ1) is 11.3. The van der Waals surface area contributed by atoms with Gasteiger partial charge in [0.1, 0.15) is 0 Å². The predicted molar refractivity (Wildman–Crippen MR) is 98.5 cm³/mol. The summed E-state index contributed by atoms with van der Waals surface area (Å²) in [6.07, 6.45) is 0.975. The molecule has 1 saturated heterocycles. The van der Waals surface area contributed by atoms with E-state index in [-0.39, 0.29) is 5.91 Å². The van der Waals surface area contributed by atoms with Gasteiger partial charge < -0.3 is 10.2 Å². The fourth-order valence-corrected chi connectivity index (χ4v) is 4.14. The van der Waals surface area contributed by atoms with Crippen molar-refractivity contribution >= 4 is 34.7 Å². The number of carbonyl (C=O) groups excluding carboxylic acids is 1. The van der Waals surface area contributed by atoms with Crippen molar-refractivity contribution < 1.29 is 4.79 Å². The van der Waals surface area contributed by atoms with E-state index >= 15 is 0 Å². The molecule has 2 heterocycles. The quantitative estimate of drug-likeness (QED) is 0.899. The van der Waals surface area contributed by atoms with Gasteiger partial charge in [-0.15, -0.1) is 11.3 Å². The van der Waals surface area contributed by atoms with Gasteiger partial charge in [0.15, 0.2) is 0 Å². The molecule has 1 aromatic carbocycles. The molecule has 0 aliphatic carbocycles. The van der Waals surface area contributed by atoms with Crippen molar-refractivity contribution in [3.8, 4) is 0 Å². The maximum atomic E-state index is 12.5. The molecule has 4 nitrogen and oxygen atoms in total. The van der Waals surface area contributed by atoms with Gasteiger partial charge in [0.05, 0.1) is 17.2 Å². The smallest absolute Gasteiger partial charge is 0.253 e. The summed E-state index contributed by atoms with van der Waals surface area (Å²) in [6.45, 7) is 4.50. The Labute approximate surface area is 145 Å². The minimum absolute atomic E-state index is 0.135. The molecule has 1 amide bonds. The summed E-state index contributed by atoms with van der Waals surface area (Å²) in [6, 6.07) is 7.77. The number of aromatic nitrogens is 1. The number of benzene rings is 1. The van der Waals surface area contributed by atoms with Gasteiger partial charge in [-0.2, -0.15) is 11.8 Å². The molecule has 1 aliphatic rings. The lowest BCUT2D eigenvalue weighted by Gasteiger charge is -2.26.